The average Bonchev–Trinajstić information content (AvgIpc) is 2.86. The maximum atomic E-state index is 10.8. The zero-order valence-electron chi connectivity index (χ0n) is 21.9. The molecule has 0 heterocycles. The summed E-state index contributed by atoms with van der Waals surface area (Å²) in [6, 6.07) is 12.9. The van der Waals surface area contributed by atoms with Crippen LogP contribution in [0.5, 0.6) is 5.75 Å². The van der Waals surface area contributed by atoms with Crippen LogP contribution in [-0.4, -0.2) is 40.7 Å². The van der Waals surface area contributed by atoms with Crippen molar-refractivity contribution in [2.24, 2.45) is 5.92 Å². The van der Waals surface area contributed by atoms with E-state index in [2.05, 4.69) is 62.9 Å². The molecule has 0 aromatic heterocycles. The van der Waals surface area contributed by atoms with Gasteiger partial charge in [0.25, 0.3) is 0 Å². The number of aliphatic hydroxyl groups is 3. The van der Waals surface area contributed by atoms with Gasteiger partial charge in [-0.05, 0) is 86.8 Å². The smallest absolute Gasteiger partial charge is 0.125 e. The monoisotopic (exact) mass is 478 g/mol. The third-order valence-electron chi connectivity index (χ3n) is 7.82. The Morgan fingerprint density at radius 1 is 0.914 bits per heavy atom. The molecule has 3 rings (SSSR count). The molecule has 0 bridgehead atoms. The second kappa shape index (κ2) is 12.1. The topological polar surface area (TPSA) is 69.9 Å². The lowest BCUT2D eigenvalue weighted by Crippen LogP contribution is -2.29. The van der Waals surface area contributed by atoms with Crippen molar-refractivity contribution < 1.29 is 20.1 Å². The van der Waals surface area contributed by atoms with Gasteiger partial charge in [-0.2, -0.15) is 0 Å². The van der Waals surface area contributed by atoms with Crippen LogP contribution in [-0.2, 0) is 5.41 Å². The highest BCUT2D eigenvalue weighted by Gasteiger charge is 2.31. The van der Waals surface area contributed by atoms with Crippen molar-refractivity contribution in [1.29, 1.82) is 0 Å². The largest absolute Gasteiger partial charge is 0.493 e. The van der Waals surface area contributed by atoms with Gasteiger partial charge in [-0.3, -0.25) is 0 Å². The van der Waals surface area contributed by atoms with Crippen LogP contribution in [0.4, 0.5) is 0 Å². The Balaban J connectivity index is 1.88. The number of ether oxygens (including phenoxy) is 1. The van der Waals surface area contributed by atoms with E-state index in [1.807, 2.05) is 13.0 Å². The molecule has 190 valence electrons. The van der Waals surface area contributed by atoms with E-state index in [9.17, 15) is 15.3 Å². The van der Waals surface area contributed by atoms with Gasteiger partial charge in [0.15, 0.2) is 0 Å². The van der Waals surface area contributed by atoms with Crippen molar-refractivity contribution in [3.63, 3.8) is 0 Å². The number of hydrogen-bond acceptors (Lipinski definition) is 4. The fraction of sp³-hybridized carbons (Fsp3) is 0.548. The van der Waals surface area contributed by atoms with E-state index < -0.39 is 5.60 Å². The number of hydrogen-bond donors (Lipinski definition) is 3. The fourth-order valence-electron chi connectivity index (χ4n) is 5.26. The zero-order chi connectivity index (χ0) is 25.5. The third-order valence-corrected chi connectivity index (χ3v) is 7.82. The van der Waals surface area contributed by atoms with E-state index in [-0.39, 0.29) is 31.2 Å². The lowest BCUT2D eigenvalue weighted by molar-refractivity contribution is 0.0610. The lowest BCUT2D eigenvalue weighted by atomic mass is 9.70. The molecule has 0 radical (unpaired) electrons. The Morgan fingerprint density at radius 2 is 1.51 bits per heavy atom. The Kier molecular flexibility index (Phi) is 9.41. The van der Waals surface area contributed by atoms with Crippen LogP contribution in [0.1, 0.15) is 86.6 Å². The molecule has 2 aromatic carbocycles. The van der Waals surface area contributed by atoms with Gasteiger partial charge in [-0.15, -0.1) is 0 Å². The average molecular weight is 479 g/mol. The summed E-state index contributed by atoms with van der Waals surface area (Å²) in [6.07, 6.45) is 6.75. The van der Waals surface area contributed by atoms with Crippen LogP contribution in [0.2, 0.25) is 0 Å². The Bertz CT molecular complexity index is 1030. The van der Waals surface area contributed by atoms with Gasteiger partial charge in [0.2, 0.25) is 0 Å². The predicted octanol–water partition coefficient (Wildman–Crippen LogP) is 5.44. The minimum absolute atomic E-state index is 0.0958. The van der Waals surface area contributed by atoms with Gasteiger partial charge in [-0.25, -0.2) is 0 Å². The van der Waals surface area contributed by atoms with E-state index in [0.29, 0.717) is 0 Å². The quantitative estimate of drug-likeness (QED) is 0.420. The summed E-state index contributed by atoms with van der Waals surface area (Å²) in [6.45, 7) is 8.71. The Labute approximate surface area is 211 Å². The molecule has 0 aliphatic heterocycles. The van der Waals surface area contributed by atoms with Gasteiger partial charge < -0.3 is 20.1 Å². The third kappa shape index (κ3) is 6.28. The molecule has 0 spiro atoms. The molecule has 3 N–H and O–H groups in total. The second-order valence-corrected chi connectivity index (χ2v) is 10.2. The fourth-order valence-corrected chi connectivity index (χ4v) is 5.26. The van der Waals surface area contributed by atoms with Gasteiger partial charge in [-0.1, -0.05) is 56.4 Å². The molecule has 1 saturated carbocycles. The molecule has 35 heavy (non-hydrogen) atoms. The maximum absolute atomic E-state index is 10.8. The molecule has 1 aliphatic rings. The van der Waals surface area contributed by atoms with E-state index in [0.717, 1.165) is 61.0 Å². The summed E-state index contributed by atoms with van der Waals surface area (Å²) in [7, 11) is 0. The van der Waals surface area contributed by atoms with E-state index >= 15 is 0 Å². The molecule has 0 atom stereocenters. The highest BCUT2D eigenvalue weighted by atomic mass is 16.5. The van der Waals surface area contributed by atoms with Crippen LogP contribution < -0.4 is 4.74 Å². The molecular weight excluding hydrogens is 436 g/mol. The predicted molar refractivity (Wildman–Crippen MR) is 142 cm³/mol. The molecule has 1 aliphatic carbocycles. The SMILES string of the molecule is CCC(CC)(c1ccc(C#CC2(O)CCCCC2)c(C)c1)c1ccc(OCC(CO)CO)c(C)c1. The minimum atomic E-state index is -0.838. The summed E-state index contributed by atoms with van der Waals surface area (Å²) in [5.41, 5.74) is 4.73. The first kappa shape index (κ1) is 27.3. The zero-order valence-corrected chi connectivity index (χ0v) is 21.9. The van der Waals surface area contributed by atoms with Crippen LogP contribution >= 0.6 is 0 Å². The summed E-state index contributed by atoms with van der Waals surface area (Å²) < 4.78 is 5.89. The standard InChI is InChI=1S/C31H42O4/c1-5-31(6-2,28-12-13-29(24(4)19-28)35-22-25(20-32)21-33)27-11-10-26(23(3)18-27)14-17-30(34)15-8-7-9-16-30/h10-13,18-19,25,32-34H,5-9,15-16,20-22H2,1-4H3. The second-order valence-electron chi connectivity index (χ2n) is 10.2. The number of benzene rings is 2. The van der Waals surface area contributed by atoms with Crippen molar-refractivity contribution >= 4 is 0 Å². The first-order chi connectivity index (χ1) is 16.8. The normalized spacial score (nSPS) is 15.5. The van der Waals surface area contributed by atoms with Crippen LogP contribution in [0.15, 0.2) is 36.4 Å². The summed E-state index contributed by atoms with van der Waals surface area (Å²) >= 11 is 0. The van der Waals surface area contributed by atoms with Crippen LogP contribution in [0.25, 0.3) is 0 Å². The van der Waals surface area contributed by atoms with E-state index in [1.165, 1.54) is 17.5 Å². The van der Waals surface area contributed by atoms with Gasteiger partial charge in [0, 0.05) is 16.9 Å². The molecule has 2 aromatic rings. The number of aryl methyl sites for hydroxylation is 2. The van der Waals surface area contributed by atoms with Crippen molar-refractivity contribution in [2.75, 3.05) is 19.8 Å². The molecule has 0 saturated heterocycles. The first-order valence-corrected chi connectivity index (χ1v) is 13.1. The van der Waals surface area contributed by atoms with Gasteiger partial charge >= 0.3 is 0 Å². The Hall–Kier alpha value is -2.32. The van der Waals surface area contributed by atoms with Gasteiger partial charge in [0.1, 0.15) is 11.4 Å². The minimum Gasteiger partial charge on any atom is -0.493 e. The summed E-state index contributed by atoms with van der Waals surface area (Å²) in [5, 5.41) is 29.4. The Morgan fingerprint density at radius 3 is 2.06 bits per heavy atom. The first-order valence-electron chi connectivity index (χ1n) is 13.1. The van der Waals surface area contributed by atoms with Crippen LogP contribution in [0, 0.1) is 31.6 Å². The van der Waals surface area contributed by atoms with E-state index in [1.54, 1.807) is 0 Å². The van der Waals surface area contributed by atoms with Crippen molar-refractivity contribution in [3.05, 3.63) is 64.2 Å². The maximum Gasteiger partial charge on any atom is 0.125 e. The molecule has 0 amide bonds. The van der Waals surface area contributed by atoms with Crippen molar-refractivity contribution in [3.8, 4) is 17.6 Å². The highest BCUT2D eigenvalue weighted by Crippen LogP contribution is 2.41. The summed E-state index contributed by atoms with van der Waals surface area (Å²) in [4.78, 5) is 0. The molecule has 4 heteroatoms. The highest BCUT2D eigenvalue weighted by molar-refractivity contribution is 5.50. The molecular formula is C31H42O4. The van der Waals surface area contributed by atoms with Crippen LogP contribution in [0.3, 0.4) is 0 Å². The molecule has 0 unspecified atom stereocenters. The summed E-state index contributed by atoms with van der Waals surface area (Å²) in [5.74, 6) is 6.96. The number of aliphatic hydroxyl groups excluding tert-OH is 2. The van der Waals surface area contributed by atoms with E-state index in [4.69, 9.17) is 4.74 Å². The molecule has 1 fully saturated rings. The van der Waals surface area contributed by atoms with Gasteiger partial charge in [0.05, 0.1) is 19.8 Å². The lowest BCUT2D eigenvalue weighted by Gasteiger charge is -2.34. The van der Waals surface area contributed by atoms with Crippen molar-refractivity contribution in [1.82, 2.24) is 0 Å². The number of rotatable bonds is 9. The van der Waals surface area contributed by atoms with Crippen molar-refractivity contribution in [2.45, 2.75) is 83.7 Å². The molecule has 4 nitrogen and oxygen atoms in total.